The molecule has 2 aliphatic rings. The molecule has 21 heavy (non-hydrogen) atoms. The summed E-state index contributed by atoms with van der Waals surface area (Å²) in [6.45, 7) is 5.36. The maximum atomic E-state index is 12.3. The van der Waals surface area contributed by atoms with Crippen LogP contribution in [0.2, 0.25) is 0 Å². The van der Waals surface area contributed by atoms with E-state index in [0.717, 1.165) is 0 Å². The van der Waals surface area contributed by atoms with Gasteiger partial charge in [-0.25, -0.2) is 0 Å². The van der Waals surface area contributed by atoms with Crippen molar-refractivity contribution in [2.24, 2.45) is 0 Å². The molecule has 0 spiro atoms. The maximum Gasteiger partial charge on any atom is 0.241 e. The Morgan fingerprint density at radius 2 is 2.14 bits per heavy atom. The number of hydrogen-bond donors (Lipinski definition) is 1. The Morgan fingerprint density at radius 3 is 2.81 bits per heavy atom. The molecule has 1 aromatic heterocycles. The molecule has 1 saturated carbocycles. The SMILES string of the molecule is Cc1ccc(C2NC(C)C(=O)N2CCOC2CCCC2)s1. The second-order valence-electron chi connectivity index (χ2n) is 6.05. The smallest absolute Gasteiger partial charge is 0.241 e. The van der Waals surface area contributed by atoms with Gasteiger partial charge >= 0.3 is 0 Å². The number of carbonyl (C=O) groups is 1. The number of carbonyl (C=O) groups excluding carboxylic acids is 1. The summed E-state index contributed by atoms with van der Waals surface area (Å²) in [4.78, 5) is 16.8. The third kappa shape index (κ3) is 3.30. The number of amides is 1. The van der Waals surface area contributed by atoms with Crippen LogP contribution in [0.5, 0.6) is 0 Å². The number of rotatable bonds is 5. The van der Waals surface area contributed by atoms with Crippen LogP contribution in [0.4, 0.5) is 0 Å². The molecule has 0 bridgehead atoms. The summed E-state index contributed by atoms with van der Waals surface area (Å²) in [5, 5.41) is 3.39. The summed E-state index contributed by atoms with van der Waals surface area (Å²) >= 11 is 1.75. The first-order chi connectivity index (χ1) is 10.1. The van der Waals surface area contributed by atoms with Crippen LogP contribution in [-0.4, -0.2) is 36.1 Å². The van der Waals surface area contributed by atoms with E-state index in [0.29, 0.717) is 19.3 Å². The quantitative estimate of drug-likeness (QED) is 0.909. The van der Waals surface area contributed by atoms with E-state index in [2.05, 4.69) is 24.4 Å². The minimum atomic E-state index is -0.108. The average Bonchev–Trinajstić information content (AvgIpc) is 3.16. The van der Waals surface area contributed by atoms with Crippen LogP contribution in [0, 0.1) is 6.92 Å². The third-order valence-corrected chi connectivity index (χ3v) is 5.44. The van der Waals surface area contributed by atoms with Crippen LogP contribution < -0.4 is 5.32 Å². The van der Waals surface area contributed by atoms with E-state index < -0.39 is 0 Å². The van der Waals surface area contributed by atoms with Crippen molar-refractivity contribution in [3.63, 3.8) is 0 Å². The van der Waals surface area contributed by atoms with Crippen molar-refractivity contribution < 1.29 is 9.53 Å². The number of thiophene rings is 1. The van der Waals surface area contributed by atoms with Crippen molar-refractivity contribution >= 4 is 17.2 Å². The molecular formula is C16H24N2O2S. The van der Waals surface area contributed by atoms with E-state index in [-0.39, 0.29) is 18.1 Å². The normalized spacial score (nSPS) is 27.0. The average molecular weight is 308 g/mol. The van der Waals surface area contributed by atoms with Gasteiger partial charge in [-0.3, -0.25) is 10.1 Å². The Hall–Kier alpha value is -0.910. The van der Waals surface area contributed by atoms with Gasteiger partial charge in [0.1, 0.15) is 6.17 Å². The molecule has 3 rings (SSSR count). The lowest BCUT2D eigenvalue weighted by molar-refractivity contribution is -0.130. The summed E-state index contributed by atoms with van der Waals surface area (Å²) in [5.41, 5.74) is 0. The number of nitrogens with zero attached hydrogens (tertiary/aromatic N) is 1. The Kier molecular flexibility index (Phi) is 4.62. The molecule has 0 aromatic carbocycles. The first-order valence-electron chi connectivity index (χ1n) is 7.89. The van der Waals surface area contributed by atoms with Crippen LogP contribution in [0.1, 0.15) is 48.5 Å². The molecule has 1 aromatic rings. The third-order valence-electron chi connectivity index (χ3n) is 4.39. The summed E-state index contributed by atoms with van der Waals surface area (Å²) in [6, 6.07) is 4.12. The zero-order chi connectivity index (χ0) is 14.8. The maximum absolute atomic E-state index is 12.3. The van der Waals surface area contributed by atoms with E-state index in [9.17, 15) is 4.79 Å². The van der Waals surface area contributed by atoms with Crippen molar-refractivity contribution in [1.29, 1.82) is 0 Å². The van der Waals surface area contributed by atoms with Crippen LogP contribution in [0.15, 0.2) is 12.1 Å². The summed E-state index contributed by atoms with van der Waals surface area (Å²) < 4.78 is 5.92. The fraction of sp³-hybridized carbons (Fsp3) is 0.688. The minimum absolute atomic E-state index is 0.0124. The molecule has 4 nitrogen and oxygen atoms in total. The molecule has 5 heteroatoms. The number of nitrogens with one attached hydrogen (secondary N) is 1. The predicted molar refractivity (Wildman–Crippen MR) is 84.3 cm³/mol. The number of hydrogen-bond acceptors (Lipinski definition) is 4. The minimum Gasteiger partial charge on any atom is -0.376 e. The number of ether oxygens (including phenoxy) is 1. The molecule has 2 atom stereocenters. The van der Waals surface area contributed by atoms with Crippen molar-refractivity contribution in [3.8, 4) is 0 Å². The van der Waals surface area contributed by atoms with Crippen molar-refractivity contribution in [3.05, 3.63) is 21.9 Å². The van der Waals surface area contributed by atoms with Gasteiger partial charge in [0.05, 0.1) is 18.8 Å². The van der Waals surface area contributed by atoms with Crippen LogP contribution in [0.25, 0.3) is 0 Å². The van der Waals surface area contributed by atoms with Gasteiger partial charge in [0, 0.05) is 16.3 Å². The zero-order valence-corrected chi connectivity index (χ0v) is 13.6. The second kappa shape index (κ2) is 6.46. The van der Waals surface area contributed by atoms with Crippen molar-refractivity contribution in [2.75, 3.05) is 13.2 Å². The van der Waals surface area contributed by atoms with Gasteiger partial charge < -0.3 is 9.64 Å². The molecule has 1 aliphatic carbocycles. The molecule has 116 valence electrons. The van der Waals surface area contributed by atoms with Gasteiger partial charge in [0.25, 0.3) is 0 Å². The van der Waals surface area contributed by atoms with Crippen LogP contribution in [0.3, 0.4) is 0 Å². The Bertz CT molecular complexity index is 496. The van der Waals surface area contributed by atoms with E-state index in [1.165, 1.54) is 35.4 Å². The van der Waals surface area contributed by atoms with Crippen LogP contribution in [-0.2, 0) is 9.53 Å². The molecule has 2 unspecified atom stereocenters. The van der Waals surface area contributed by atoms with Gasteiger partial charge in [0.2, 0.25) is 5.91 Å². The van der Waals surface area contributed by atoms with E-state index in [4.69, 9.17) is 4.74 Å². The van der Waals surface area contributed by atoms with Crippen molar-refractivity contribution in [1.82, 2.24) is 10.2 Å². The molecule has 1 N–H and O–H groups in total. The summed E-state index contributed by atoms with van der Waals surface area (Å²) in [6.07, 6.45) is 5.34. The zero-order valence-electron chi connectivity index (χ0n) is 12.8. The molecule has 0 radical (unpaired) electrons. The Morgan fingerprint density at radius 1 is 1.38 bits per heavy atom. The molecule has 1 aliphatic heterocycles. The molecule has 2 heterocycles. The highest BCUT2D eigenvalue weighted by atomic mass is 32.1. The summed E-state index contributed by atoms with van der Waals surface area (Å²) in [7, 11) is 0. The van der Waals surface area contributed by atoms with Gasteiger partial charge in [0.15, 0.2) is 0 Å². The molecular weight excluding hydrogens is 284 g/mol. The lowest BCUT2D eigenvalue weighted by Gasteiger charge is -2.24. The largest absolute Gasteiger partial charge is 0.376 e. The van der Waals surface area contributed by atoms with Gasteiger partial charge in [-0.2, -0.15) is 0 Å². The first kappa shape index (κ1) is 15.0. The van der Waals surface area contributed by atoms with Gasteiger partial charge in [-0.15, -0.1) is 11.3 Å². The fourth-order valence-corrected chi connectivity index (χ4v) is 4.17. The number of aryl methyl sites for hydroxylation is 1. The highest BCUT2D eigenvalue weighted by Gasteiger charge is 2.37. The standard InChI is InChI=1S/C16H24N2O2S/c1-11-7-8-14(21-11)15-17-12(2)16(19)18(15)9-10-20-13-5-3-4-6-13/h7-8,12-13,15,17H,3-6,9-10H2,1-2H3. The highest BCUT2D eigenvalue weighted by Crippen LogP contribution is 2.30. The summed E-state index contributed by atoms with van der Waals surface area (Å²) in [5.74, 6) is 0.182. The Labute approximate surface area is 130 Å². The second-order valence-corrected chi connectivity index (χ2v) is 7.37. The Balaban J connectivity index is 1.61. The van der Waals surface area contributed by atoms with Gasteiger partial charge in [-0.05, 0) is 38.8 Å². The molecule has 1 amide bonds. The highest BCUT2D eigenvalue weighted by molar-refractivity contribution is 7.12. The first-order valence-corrected chi connectivity index (χ1v) is 8.71. The van der Waals surface area contributed by atoms with E-state index in [1.54, 1.807) is 11.3 Å². The lowest BCUT2D eigenvalue weighted by atomic mass is 10.3. The monoisotopic (exact) mass is 308 g/mol. The van der Waals surface area contributed by atoms with E-state index >= 15 is 0 Å². The lowest BCUT2D eigenvalue weighted by Crippen LogP contribution is -2.34. The molecule has 1 saturated heterocycles. The fourth-order valence-electron chi connectivity index (χ4n) is 3.22. The predicted octanol–water partition coefficient (Wildman–Crippen LogP) is 2.83. The molecule has 2 fully saturated rings. The van der Waals surface area contributed by atoms with E-state index in [1.807, 2.05) is 11.8 Å². The van der Waals surface area contributed by atoms with Gasteiger partial charge in [-0.1, -0.05) is 12.8 Å². The topological polar surface area (TPSA) is 41.6 Å². The van der Waals surface area contributed by atoms with Crippen LogP contribution >= 0.6 is 11.3 Å². The van der Waals surface area contributed by atoms with Crippen molar-refractivity contribution in [2.45, 2.75) is 57.8 Å².